The first-order chi connectivity index (χ1) is 7.49. The van der Waals surface area contributed by atoms with Gasteiger partial charge >= 0.3 is 0 Å². The van der Waals surface area contributed by atoms with Crippen molar-refractivity contribution in [2.45, 2.75) is 31.9 Å². The van der Waals surface area contributed by atoms with Crippen LogP contribution in [0.25, 0.3) is 10.6 Å². The lowest BCUT2D eigenvalue weighted by Gasteiger charge is -2.07. The van der Waals surface area contributed by atoms with Crippen molar-refractivity contribution in [2.75, 3.05) is 0 Å². The molecule has 0 spiro atoms. The third kappa shape index (κ3) is 2.02. The zero-order valence-electron chi connectivity index (χ0n) is 9.96. The number of benzene rings is 1. The van der Waals surface area contributed by atoms with Crippen LogP contribution in [0.2, 0.25) is 0 Å². The highest BCUT2D eigenvalue weighted by Gasteiger charge is 2.10. The number of hydrogen-bond acceptors (Lipinski definition) is 3. The van der Waals surface area contributed by atoms with Crippen LogP contribution in [0, 0.1) is 27.7 Å². The van der Waals surface area contributed by atoms with Crippen molar-refractivity contribution in [1.82, 2.24) is 4.98 Å². The van der Waals surface area contributed by atoms with Crippen molar-refractivity contribution in [3.05, 3.63) is 34.5 Å². The van der Waals surface area contributed by atoms with Crippen molar-refractivity contribution in [3.8, 4) is 10.6 Å². The van der Waals surface area contributed by atoms with Crippen molar-refractivity contribution in [2.24, 2.45) is 0 Å². The molecule has 1 aromatic heterocycles. The van der Waals surface area contributed by atoms with Gasteiger partial charge in [-0.15, -0.1) is 24.0 Å². The third-order valence-electron chi connectivity index (χ3n) is 2.84. The van der Waals surface area contributed by atoms with E-state index in [0.717, 1.165) is 14.9 Å². The van der Waals surface area contributed by atoms with Gasteiger partial charge < -0.3 is 0 Å². The highest BCUT2D eigenvalue weighted by atomic mass is 32.2. The summed E-state index contributed by atoms with van der Waals surface area (Å²) in [5, 5.41) is 1.07. The van der Waals surface area contributed by atoms with E-state index >= 15 is 0 Å². The molecule has 84 valence electrons. The Hall–Kier alpha value is -0.800. The lowest BCUT2D eigenvalue weighted by atomic mass is 10.0. The Morgan fingerprint density at radius 2 is 1.62 bits per heavy atom. The lowest BCUT2D eigenvalue weighted by molar-refractivity contribution is 1.21. The molecule has 3 heteroatoms. The fraction of sp³-hybridized carbons (Fsp3) is 0.308. The van der Waals surface area contributed by atoms with Gasteiger partial charge in [-0.1, -0.05) is 6.07 Å². The molecule has 0 fully saturated rings. The molecule has 0 N–H and O–H groups in total. The van der Waals surface area contributed by atoms with E-state index in [-0.39, 0.29) is 0 Å². The van der Waals surface area contributed by atoms with Gasteiger partial charge in [0.1, 0.15) is 5.01 Å². The van der Waals surface area contributed by atoms with Gasteiger partial charge in [-0.25, -0.2) is 4.98 Å². The molecule has 0 aliphatic carbocycles. The topological polar surface area (TPSA) is 12.9 Å². The van der Waals surface area contributed by atoms with E-state index in [1.165, 1.54) is 22.3 Å². The average Bonchev–Trinajstić information content (AvgIpc) is 2.53. The summed E-state index contributed by atoms with van der Waals surface area (Å²) in [7, 11) is 0. The predicted molar refractivity (Wildman–Crippen MR) is 73.8 cm³/mol. The van der Waals surface area contributed by atoms with Crippen LogP contribution in [0.3, 0.4) is 0 Å². The van der Waals surface area contributed by atoms with Gasteiger partial charge in [-0.3, -0.25) is 0 Å². The van der Waals surface area contributed by atoms with Crippen LogP contribution in [0.5, 0.6) is 0 Å². The smallest absolute Gasteiger partial charge is 0.124 e. The summed E-state index contributed by atoms with van der Waals surface area (Å²) in [4.78, 5) is 4.55. The number of rotatable bonds is 1. The Bertz CT molecular complexity index is 522. The number of thiazole rings is 1. The van der Waals surface area contributed by atoms with Crippen molar-refractivity contribution in [3.63, 3.8) is 0 Å². The lowest BCUT2D eigenvalue weighted by Crippen LogP contribution is -1.88. The molecule has 0 bridgehead atoms. The second-order valence-electron chi connectivity index (χ2n) is 4.16. The Morgan fingerprint density at radius 1 is 1.00 bits per heavy atom. The van der Waals surface area contributed by atoms with Gasteiger partial charge in [0.2, 0.25) is 0 Å². The van der Waals surface area contributed by atoms with Crippen LogP contribution in [0.4, 0.5) is 0 Å². The molecule has 1 nitrogen and oxygen atoms in total. The van der Waals surface area contributed by atoms with Crippen molar-refractivity contribution < 1.29 is 0 Å². The highest BCUT2D eigenvalue weighted by Crippen LogP contribution is 2.33. The summed E-state index contributed by atoms with van der Waals surface area (Å²) in [6.07, 6.45) is 0. The molecule has 0 unspecified atom stereocenters. The standard InChI is InChI=1S/C13H15NS2/c1-7-5-9(3)11(6-8(7)2)12-14-10(4)13(15)16-12/h5-6,15H,1-4H3. The van der Waals surface area contributed by atoms with Crippen LogP contribution in [-0.4, -0.2) is 4.98 Å². The minimum absolute atomic E-state index is 1.01. The Labute approximate surface area is 106 Å². The Balaban J connectivity index is 2.60. The fourth-order valence-corrected chi connectivity index (χ4v) is 2.89. The number of nitrogens with zero attached hydrogens (tertiary/aromatic N) is 1. The molecular weight excluding hydrogens is 234 g/mol. The van der Waals surface area contributed by atoms with Gasteiger partial charge in [-0.05, 0) is 50.5 Å². The van der Waals surface area contributed by atoms with E-state index < -0.39 is 0 Å². The molecule has 16 heavy (non-hydrogen) atoms. The van der Waals surface area contributed by atoms with E-state index in [1.807, 2.05) is 6.92 Å². The number of hydrogen-bond donors (Lipinski definition) is 1. The molecule has 1 aromatic carbocycles. The second-order valence-corrected chi connectivity index (χ2v) is 5.91. The first-order valence-electron chi connectivity index (χ1n) is 5.23. The van der Waals surface area contributed by atoms with Gasteiger partial charge in [-0.2, -0.15) is 0 Å². The van der Waals surface area contributed by atoms with Gasteiger partial charge in [0, 0.05) is 5.56 Å². The molecule has 0 saturated heterocycles. The predicted octanol–water partition coefficient (Wildman–Crippen LogP) is 4.33. The van der Waals surface area contributed by atoms with E-state index in [4.69, 9.17) is 0 Å². The van der Waals surface area contributed by atoms with Crippen LogP contribution < -0.4 is 0 Å². The van der Waals surface area contributed by atoms with Crippen molar-refractivity contribution >= 4 is 24.0 Å². The summed E-state index contributed by atoms with van der Waals surface area (Å²) < 4.78 is 1.01. The van der Waals surface area contributed by atoms with Crippen LogP contribution in [-0.2, 0) is 0 Å². The average molecular weight is 249 g/mol. The van der Waals surface area contributed by atoms with E-state index in [9.17, 15) is 0 Å². The summed E-state index contributed by atoms with van der Waals surface area (Å²) in [6.45, 7) is 8.42. The zero-order chi connectivity index (χ0) is 11.9. The molecule has 1 heterocycles. The largest absolute Gasteiger partial charge is 0.240 e. The second kappa shape index (κ2) is 4.22. The van der Waals surface area contributed by atoms with E-state index in [0.29, 0.717) is 0 Å². The fourth-order valence-electron chi connectivity index (χ4n) is 1.69. The SMILES string of the molecule is Cc1cc(C)c(-c2nc(C)c(S)s2)cc1C. The maximum Gasteiger partial charge on any atom is 0.124 e. The van der Waals surface area contributed by atoms with Crippen LogP contribution in [0.1, 0.15) is 22.4 Å². The summed E-state index contributed by atoms with van der Waals surface area (Å²) in [5.74, 6) is 0. The summed E-state index contributed by atoms with van der Waals surface area (Å²) in [5.41, 5.74) is 6.18. The maximum atomic E-state index is 4.55. The van der Waals surface area contributed by atoms with Crippen molar-refractivity contribution in [1.29, 1.82) is 0 Å². The minimum atomic E-state index is 1.01. The highest BCUT2D eigenvalue weighted by molar-refractivity contribution is 7.83. The monoisotopic (exact) mass is 249 g/mol. The van der Waals surface area contributed by atoms with Gasteiger partial charge in [0.05, 0.1) is 9.90 Å². The normalized spacial score (nSPS) is 10.8. The molecule has 0 aliphatic rings. The Kier molecular flexibility index (Phi) is 3.08. The first kappa shape index (κ1) is 11.7. The third-order valence-corrected chi connectivity index (χ3v) is 4.43. The molecule has 0 atom stereocenters. The summed E-state index contributed by atoms with van der Waals surface area (Å²) >= 11 is 6.05. The van der Waals surface area contributed by atoms with Crippen LogP contribution >= 0.6 is 24.0 Å². The van der Waals surface area contributed by atoms with Crippen LogP contribution in [0.15, 0.2) is 16.3 Å². The molecule has 2 rings (SSSR count). The van der Waals surface area contributed by atoms with Gasteiger partial charge in [0.25, 0.3) is 0 Å². The molecule has 0 amide bonds. The van der Waals surface area contributed by atoms with E-state index in [1.54, 1.807) is 11.3 Å². The zero-order valence-corrected chi connectivity index (χ0v) is 11.7. The maximum absolute atomic E-state index is 4.55. The summed E-state index contributed by atoms with van der Waals surface area (Å²) in [6, 6.07) is 4.44. The number of aryl methyl sites for hydroxylation is 4. The molecule has 2 aromatic rings. The molecule has 0 radical (unpaired) electrons. The molecule has 0 aliphatic heterocycles. The molecular formula is C13H15NS2. The Morgan fingerprint density at radius 3 is 2.19 bits per heavy atom. The molecule has 0 saturated carbocycles. The number of thiol groups is 1. The van der Waals surface area contributed by atoms with E-state index in [2.05, 4.69) is 50.5 Å². The number of aromatic nitrogens is 1. The quantitative estimate of drug-likeness (QED) is 0.742. The first-order valence-corrected chi connectivity index (χ1v) is 6.50. The minimum Gasteiger partial charge on any atom is -0.240 e. The van der Waals surface area contributed by atoms with Gasteiger partial charge in [0.15, 0.2) is 0 Å².